The van der Waals surface area contributed by atoms with Gasteiger partial charge in [-0.25, -0.2) is 4.79 Å². The molecule has 0 atom stereocenters. The number of aliphatic carboxylic acids is 1. The van der Waals surface area contributed by atoms with E-state index >= 15 is 0 Å². The third kappa shape index (κ3) is 3.53. The van der Waals surface area contributed by atoms with E-state index < -0.39 is 5.97 Å². The van der Waals surface area contributed by atoms with Crippen molar-refractivity contribution in [1.82, 2.24) is 0 Å². The Balaban J connectivity index is 4.43. The molecule has 2 N–H and O–H groups in total. The van der Waals surface area contributed by atoms with Crippen LogP contribution < -0.4 is 0 Å². The van der Waals surface area contributed by atoms with Crippen molar-refractivity contribution in [3.63, 3.8) is 0 Å². The summed E-state index contributed by atoms with van der Waals surface area (Å²) in [7, 11) is 0. The van der Waals surface area contributed by atoms with E-state index in [9.17, 15) is 4.79 Å². The van der Waals surface area contributed by atoms with E-state index in [1.807, 2.05) is 6.92 Å². The van der Waals surface area contributed by atoms with Crippen molar-refractivity contribution < 1.29 is 15.0 Å². The zero-order valence-corrected chi connectivity index (χ0v) is 7.63. The Bertz CT molecular complexity index is 174. The molecule has 0 amide bonds. The topological polar surface area (TPSA) is 57.5 Å². The minimum Gasteiger partial charge on any atom is -0.478 e. The van der Waals surface area contributed by atoms with Gasteiger partial charge in [0.1, 0.15) is 0 Å². The van der Waals surface area contributed by atoms with Crippen molar-refractivity contribution in [2.75, 3.05) is 6.61 Å². The Morgan fingerprint density at radius 3 is 2.25 bits per heavy atom. The minimum atomic E-state index is -0.882. The molecule has 3 heteroatoms. The van der Waals surface area contributed by atoms with Gasteiger partial charge in [-0.1, -0.05) is 18.9 Å². The van der Waals surface area contributed by atoms with E-state index in [0.29, 0.717) is 12.0 Å². The fourth-order valence-electron chi connectivity index (χ4n) is 1.09. The van der Waals surface area contributed by atoms with Gasteiger partial charge in [0.25, 0.3) is 0 Å². The molecule has 3 nitrogen and oxygen atoms in total. The number of rotatable bonds is 5. The molecule has 0 saturated carbocycles. The lowest BCUT2D eigenvalue weighted by Gasteiger charge is -2.06. The van der Waals surface area contributed by atoms with Crippen LogP contribution in [0.2, 0.25) is 0 Å². The van der Waals surface area contributed by atoms with Crippen LogP contribution in [-0.2, 0) is 4.79 Å². The van der Waals surface area contributed by atoms with Crippen LogP contribution in [0.1, 0.15) is 33.1 Å². The fourth-order valence-corrected chi connectivity index (χ4v) is 1.09. The molecule has 0 aliphatic heterocycles. The van der Waals surface area contributed by atoms with Gasteiger partial charge < -0.3 is 10.2 Å². The molecule has 0 unspecified atom stereocenters. The predicted octanol–water partition coefficient (Wildman–Crippen LogP) is 1.57. The van der Waals surface area contributed by atoms with E-state index in [-0.39, 0.29) is 6.61 Å². The van der Waals surface area contributed by atoms with Crippen molar-refractivity contribution in [2.24, 2.45) is 0 Å². The van der Waals surface area contributed by atoms with Crippen LogP contribution in [0.5, 0.6) is 0 Å². The average Bonchev–Trinajstić information content (AvgIpc) is 2.03. The summed E-state index contributed by atoms with van der Waals surface area (Å²) >= 11 is 0. The number of carbonyl (C=O) groups is 1. The molecule has 0 rings (SSSR count). The summed E-state index contributed by atoms with van der Waals surface area (Å²) in [5.74, 6) is -0.882. The maximum Gasteiger partial charge on any atom is 0.331 e. The maximum atomic E-state index is 10.6. The lowest BCUT2D eigenvalue weighted by atomic mass is 10.0. The molecular weight excluding hydrogens is 156 g/mol. The molecule has 0 fully saturated rings. The fraction of sp³-hybridized carbons (Fsp3) is 0.667. The SMILES string of the molecule is CCCC(CCO)=C(C)C(=O)O. The second-order valence-corrected chi connectivity index (χ2v) is 2.76. The summed E-state index contributed by atoms with van der Waals surface area (Å²) in [4.78, 5) is 10.6. The van der Waals surface area contributed by atoms with Gasteiger partial charge in [-0.15, -0.1) is 0 Å². The highest BCUT2D eigenvalue weighted by Gasteiger charge is 2.07. The first kappa shape index (κ1) is 11.2. The standard InChI is InChI=1S/C9H16O3/c1-3-4-8(5-6-10)7(2)9(11)12/h10H,3-6H2,1-2H3,(H,11,12). The van der Waals surface area contributed by atoms with Crippen molar-refractivity contribution >= 4 is 5.97 Å². The first-order chi connectivity index (χ1) is 5.63. The summed E-state index contributed by atoms with van der Waals surface area (Å²) in [5.41, 5.74) is 1.23. The molecule has 0 spiro atoms. The van der Waals surface area contributed by atoms with E-state index in [1.54, 1.807) is 6.92 Å². The van der Waals surface area contributed by atoms with E-state index in [2.05, 4.69) is 0 Å². The molecule has 0 bridgehead atoms. The van der Waals surface area contributed by atoms with Crippen LogP contribution in [0.15, 0.2) is 11.1 Å². The van der Waals surface area contributed by atoms with Crippen LogP contribution in [0.3, 0.4) is 0 Å². The van der Waals surface area contributed by atoms with Crippen LogP contribution in [0, 0.1) is 0 Å². The summed E-state index contributed by atoms with van der Waals surface area (Å²) in [6, 6.07) is 0. The van der Waals surface area contributed by atoms with Gasteiger partial charge in [0.05, 0.1) is 0 Å². The Kier molecular flexibility index (Phi) is 5.37. The normalized spacial score (nSPS) is 12.6. The van der Waals surface area contributed by atoms with Crippen LogP contribution in [-0.4, -0.2) is 22.8 Å². The van der Waals surface area contributed by atoms with Gasteiger partial charge in [0, 0.05) is 12.2 Å². The van der Waals surface area contributed by atoms with Gasteiger partial charge in [0.2, 0.25) is 0 Å². The first-order valence-corrected chi connectivity index (χ1v) is 4.16. The van der Waals surface area contributed by atoms with Crippen LogP contribution in [0.4, 0.5) is 0 Å². The Labute approximate surface area is 72.7 Å². The van der Waals surface area contributed by atoms with Crippen molar-refractivity contribution in [3.8, 4) is 0 Å². The quantitative estimate of drug-likeness (QED) is 0.619. The summed E-state index contributed by atoms with van der Waals surface area (Å²) in [5, 5.41) is 17.3. The molecule has 0 aliphatic carbocycles. The molecular formula is C9H16O3. The Hall–Kier alpha value is -0.830. The monoisotopic (exact) mass is 172 g/mol. The van der Waals surface area contributed by atoms with E-state index in [4.69, 9.17) is 10.2 Å². The van der Waals surface area contributed by atoms with Gasteiger partial charge >= 0.3 is 5.97 Å². The lowest BCUT2D eigenvalue weighted by Crippen LogP contribution is -2.02. The predicted molar refractivity (Wildman–Crippen MR) is 46.9 cm³/mol. The maximum absolute atomic E-state index is 10.6. The highest BCUT2D eigenvalue weighted by molar-refractivity contribution is 5.86. The second-order valence-electron chi connectivity index (χ2n) is 2.76. The number of hydrogen-bond acceptors (Lipinski definition) is 2. The van der Waals surface area contributed by atoms with E-state index in [1.165, 1.54) is 0 Å². The van der Waals surface area contributed by atoms with Gasteiger partial charge in [-0.2, -0.15) is 0 Å². The largest absolute Gasteiger partial charge is 0.478 e. The number of carboxylic acids is 1. The van der Waals surface area contributed by atoms with Crippen molar-refractivity contribution in [2.45, 2.75) is 33.1 Å². The lowest BCUT2D eigenvalue weighted by molar-refractivity contribution is -0.132. The van der Waals surface area contributed by atoms with Crippen LogP contribution >= 0.6 is 0 Å². The summed E-state index contributed by atoms with van der Waals surface area (Å²) < 4.78 is 0. The van der Waals surface area contributed by atoms with Crippen LogP contribution in [0.25, 0.3) is 0 Å². The number of carboxylic acid groups (broad SMARTS) is 1. The summed E-state index contributed by atoms with van der Waals surface area (Å²) in [6.07, 6.45) is 2.16. The smallest absolute Gasteiger partial charge is 0.331 e. The van der Waals surface area contributed by atoms with Crippen molar-refractivity contribution in [3.05, 3.63) is 11.1 Å². The average molecular weight is 172 g/mol. The molecule has 12 heavy (non-hydrogen) atoms. The summed E-state index contributed by atoms with van der Waals surface area (Å²) in [6.45, 7) is 3.61. The number of hydrogen-bond donors (Lipinski definition) is 2. The third-order valence-corrected chi connectivity index (χ3v) is 1.82. The third-order valence-electron chi connectivity index (χ3n) is 1.82. The zero-order chi connectivity index (χ0) is 9.56. The Morgan fingerprint density at radius 2 is 1.92 bits per heavy atom. The first-order valence-electron chi connectivity index (χ1n) is 4.16. The number of aliphatic hydroxyl groups excluding tert-OH is 1. The molecule has 0 aromatic heterocycles. The van der Waals surface area contributed by atoms with Gasteiger partial charge in [0.15, 0.2) is 0 Å². The molecule has 0 saturated heterocycles. The zero-order valence-electron chi connectivity index (χ0n) is 7.63. The molecule has 0 heterocycles. The van der Waals surface area contributed by atoms with Gasteiger partial charge in [-0.05, 0) is 19.8 Å². The molecule has 0 radical (unpaired) electrons. The number of aliphatic hydroxyl groups is 1. The second kappa shape index (κ2) is 5.77. The highest BCUT2D eigenvalue weighted by Crippen LogP contribution is 2.14. The molecule has 0 aromatic carbocycles. The minimum absolute atomic E-state index is 0.0277. The highest BCUT2D eigenvalue weighted by atomic mass is 16.4. The van der Waals surface area contributed by atoms with E-state index in [0.717, 1.165) is 18.4 Å². The molecule has 0 aromatic rings. The van der Waals surface area contributed by atoms with Crippen molar-refractivity contribution in [1.29, 1.82) is 0 Å². The molecule has 0 aliphatic rings. The van der Waals surface area contributed by atoms with Gasteiger partial charge in [-0.3, -0.25) is 0 Å². The molecule has 70 valence electrons. The Morgan fingerprint density at radius 1 is 1.33 bits per heavy atom.